The number of nitriles is 1. The van der Waals surface area contributed by atoms with Gasteiger partial charge in [-0.05, 0) is 19.3 Å². The van der Waals surface area contributed by atoms with Crippen LogP contribution >= 0.6 is 0 Å². The Hall–Kier alpha value is -1.61. The Kier molecular flexibility index (Phi) is 5.43. The van der Waals surface area contributed by atoms with Crippen LogP contribution in [0.5, 0.6) is 0 Å². The fourth-order valence-electron chi connectivity index (χ4n) is 1.70. The second-order valence-corrected chi connectivity index (χ2v) is 4.07. The molecule has 0 aromatic carbocycles. The van der Waals surface area contributed by atoms with Gasteiger partial charge in [0.15, 0.2) is 0 Å². The number of nitrogens with one attached hydrogen (secondary N) is 1. The molecule has 2 atom stereocenters. The number of hydrogen-bond acceptors (Lipinski definition) is 4. The number of amides is 2. The molecule has 0 unspecified atom stereocenters. The van der Waals surface area contributed by atoms with Gasteiger partial charge in [0.1, 0.15) is 6.04 Å². The molecule has 17 heavy (non-hydrogen) atoms. The van der Waals surface area contributed by atoms with E-state index < -0.39 is 11.9 Å². The molecule has 0 bridgehead atoms. The van der Waals surface area contributed by atoms with E-state index in [4.69, 9.17) is 15.7 Å². The molecular weight excluding hydrogens is 222 g/mol. The summed E-state index contributed by atoms with van der Waals surface area (Å²) >= 11 is 0. The summed E-state index contributed by atoms with van der Waals surface area (Å²) < 4.78 is 5.10. The average molecular weight is 239 g/mol. The normalized spacial score (nSPS) is 20.5. The predicted octanol–water partition coefficient (Wildman–Crippen LogP) is -0.313. The van der Waals surface area contributed by atoms with Crippen molar-refractivity contribution >= 4 is 11.8 Å². The van der Waals surface area contributed by atoms with E-state index in [-0.39, 0.29) is 11.8 Å². The highest BCUT2D eigenvalue weighted by atomic mass is 16.5. The van der Waals surface area contributed by atoms with E-state index in [1.807, 2.05) is 6.07 Å². The number of carbonyl (C=O) groups excluding carboxylic acids is 2. The van der Waals surface area contributed by atoms with Gasteiger partial charge in [-0.3, -0.25) is 9.59 Å². The van der Waals surface area contributed by atoms with Crippen LogP contribution in [-0.2, 0) is 14.3 Å². The van der Waals surface area contributed by atoms with Gasteiger partial charge in [0.25, 0.3) is 0 Å². The zero-order chi connectivity index (χ0) is 12.7. The molecule has 1 saturated heterocycles. The molecule has 3 N–H and O–H groups in total. The zero-order valence-electron chi connectivity index (χ0n) is 9.65. The Morgan fingerprint density at radius 2 is 2.35 bits per heavy atom. The van der Waals surface area contributed by atoms with E-state index in [1.165, 1.54) is 0 Å². The Morgan fingerprint density at radius 1 is 1.59 bits per heavy atom. The summed E-state index contributed by atoms with van der Waals surface area (Å²) in [7, 11) is 0. The SMILES string of the molecule is N#CCCC[C@H](NC(=O)[C@H]1CCOC1)C(N)=O. The standard InChI is InChI=1S/C11H17N3O3/c12-5-2-1-3-9(10(13)15)14-11(16)8-4-6-17-7-8/h8-9H,1-4,6-7H2,(H2,13,15)(H,14,16)/t8-,9-/m0/s1. The van der Waals surface area contributed by atoms with E-state index in [0.717, 1.165) is 0 Å². The highest BCUT2D eigenvalue weighted by Gasteiger charge is 2.26. The largest absolute Gasteiger partial charge is 0.381 e. The van der Waals surface area contributed by atoms with Crippen LogP contribution in [0.1, 0.15) is 25.7 Å². The van der Waals surface area contributed by atoms with Crippen LogP contribution in [0.25, 0.3) is 0 Å². The minimum atomic E-state index is -0.684. The summed E-state index contributed by atoms with van der Waals surface area (Å²) in [5.41, 5.74) is 5.20. The quantitative estimate of drug-likeness (QED) is 0.620. The van der Waals surface area contributed by atoms with Crippen molar-refractivity contribution in [3.8, 4) is 6.07 Å². The molecule has 0 aromatic rings. The number of rotatable bonds is 6. The molecule has 1 aliphatic heterocycles. The first-order valence-corrected chi connectivity index (χ1v) is 5.69. The lowest BCUT2D eigenvalue weighted by Crippen LogP contribution is -2.46. The van der Waals surface area contributed by atoms with E-state index in [9.17, 15) is 9.59 Å². The van der Waals surface area contributed by atoms with Crippen LogP contribution in [0.15, 0.2) is 0 Å². The van der Waals surface area contributed by atoms with Gasteiger partial charge in [0.2, 0.25) is 11.8 Å². The molecule has 0 aromatic heterocycles. The van der Waals surface area contributed by atoms with Gasteiger partial charge in [0, 0.05) is 13.0 Å². The highest BCUT2D eigenvalue weighted by molar-refractivity contribution is 5.87. The van der Waals surface area contributed by atoms with Crippen molar-refractivity contribution in [2.24, 2.45) is 11.7 Å². The van der Waals surface area contributed by atoms with Crippen LogP contribution in [0, 0.1) is 17.2 Å². The molecule has 0 spiro atoms. The van der Waals surface area contributed by atoms with Crippen LogP contribution in [0.3, 0.4) is 0 Å². The van der Waals surface area contributed by atoms with Crippen LogP contribution in [0.2, 0.25) is 0 Å². The van der Waals surface area contributed by atoms with Gasteiger partial charge in [-0.1, -0.05) is 0 Å². The average Bonchev–Trinajstić information content (AvgIpc) is 2.81. The second kappa shape index (κ2) is 6.86. The maximum atomic E-state index is 11.7. The lowest BCUT2D eigenvalue weighted by molar-refractivity contribution is -0.130. The summed E-state index contributed by atoms with van der Waals surface area (Å²) in [5.74, 6) is -0.939. The van der Waals surface area contributed by atoms with Gasteiger partial charge in [-0.25, -0.2) is 0 Å². The number of ether oxygens (including phenoxy) is 1. The number of carbonyl (C=O) groups is 2. The van der Waals surface area contributed by atoms with Gasteiger partial charge in [-0.15, -0.1) is 0 Å². The lowest BCUT2D eigenvalue weighted by Gasteiger charge is -2.16. The van der Waals surface area contributed by atoms with Crippen molar-refractivity contribution in [3.63, 3.8) is 0 Å². The van der Waals surface area contributed by atoms with Gasteiger partial charge >= 0.3 is 0 Å². The summed E-state index contributed by atoms with van der Waals surface area (Å²) in [6.07, 6.45) is 1.98. The summed E-state index contributed by atoms with van der Waals surface area (Å²) in [6, 6.07) is 1.30. The number of unbranched alkanes of at least 4 members (excludes halogenated alkanes) is 1. The smallest absolute Gasteiger partial charge is 0.240 e. The Bertz CT molecular complexity index is 318. The van der Waals surface area contributed by atoms with Crippen LogP contribution < -0.4 is 11.1 Å². The fourth-order valence-corrected chi connectivity index (χ4v) is 1.70. The number of nitrogens with two attached hydrogens (primary N) is 1. The molecule has 1 heterocycles. The van der Waals surface area contributed by atoms with E-state index in [0.29, 0.717) is 38.9 Å². The molecule has 1 fully saturated rings. The summed E-state index contributed by atoms with van der Waals surface area (Å²) in [5, 5.41) is 11.0. The monoisotopic (exact) mass is 239 g/mol. The number of primary amides is 1. The molecule has 2 amide bonds. The molecule has 1 rings (SSSR count). The Morgan fingerprint density at radius 3 is 2.88 bits per heavy atom. The topological polar surface area (TPSA) is 105 Å². The molecule has 94 valence electrons. The van der Waals surface area contributed by atoms with E-state index in [2.05, 4.69) is 5.32 Å². The molecule has 0 aliphatic carbocycles. The Balaban J connectivity index is 2.40. The molecule has 6 heteroatoms. The summed E-state index contributed by atoms with van der Waals surface area (Å²) in [6.45, 7) is 0.975. The van der Waals surface area contributed by atoms with Crippen molar-refractivity contribution in [2.45, 2.75) is 31.7 Å². The minimum Gasteiger partial charge on any atom is -0.381 e. The van der Waals surface area contributed by atoms with Gasteiger partial charge in [0.05, 0.1) is 18.6 Å². The molecular formula is C11H17N3O3. The fraction of sp³-hybridized carbons (Fsp3) is 0.727. The van der Waals surface area contributed by atoms with E-state index in [1.54, 1.807) is 0 Å². The van der Waals surface area contributed by atoms with Crippen LogP contribution in [-0.4, -0.2) is 31.1 Å². The highest BCUT2D eigenvalue weighted by Crippen LogP contribution is 2.13. The minimum absolute atomic E-state index is 0.187. The van der Waals surface area contributed by atoms with E-state index >= 15 is 0 Å². The third kappa shape index (κ3) is 4.41. The first kappa shape index (κ1) is 13.5. The molecule has 6 nitrogen and oxygen atoms in total. The third-order valence-corrected chi connectivity index (χ3v) is 2.74. The maximum absolute atomic E-state index is 11.7. The van der Waals surface area contributed by atoms with Crippen molar-refractivity contribution in [3.05, 3.63) is 0 Å². The zero-order valence-corrected chi connectivity index (χ0v) is 9.65. The summed E-state index contributed by atoms with van der Waals surface area (Å²) in [4.78, 5) is 22.9. The number of nitrogens with zero attached hydrogens (tertiary/aromatic N) is 1. The molecule has 1 aliphatic rings. The van der Waals surface area contributed by atoms with Crippen molar-refractivity contribution in [1.82, 2.24) is 5.32 Å². The first-order chi connectivity index (χ1) is 8.15. The number of hydrogen-bond donors (Lipinski definition) is 2. The second-order valence-electron chi connectivity index (χ2n) is 4.07. The Labute approximate surface area is 100 Å². The van der Waals surface area contributed by atoms with Gasteiger partial charge in [-0.2, -0.15) is 5.26 Å². The van der Waals surface area contributed by atoms with Crippen molar-refractivity contribution in [1.29, 1.82) is 5.26 Å². The van der Waals surface area contributed by atoms with Crippen molar-refractivity contribution < 1.29 is 14.3 Å². The predicted molar refractivity (Wildman–Crippen MR) is 59.5 cm³/mol. The van der Waals surface area contributed by atoms with Gasteiger partial charge < -0.3 is 15.8 Å². The maximum Gasteiger partial charge on any atom is 0.240 e. The van der Waals surface area contributed by atoms with Crippen molar-refractivity contribution in [2.75, 3.05) is 13.2 Å². The molecule has 0 radical (unpaired) electrons. The first-order valence-electron chi connectivity index (χ1n) is 5.69. The lowest BCUT2D eigenvalue weighted by atomic mass is 10.1. The van der Waals surface area contributed by atoms with Crippen LogP contribution in [0.4, 0.5) is 0 Å². The third-order valence-electron chi connectivity index (χ3n) is 2.74. The molecule has 0 saturated carbocycles.